The van der Waals surface area contributed by atoms with E-state index in [1.54, 1.807) is 6.08 Å². The molecular formula is C12H12N2O2. The molecule has 0 unspecified atom stereocenters. The summed E-state index contributed by atoms with van der Waals surface area (Å²) in [7, 11) is 0. The van der Waals surface area contributed by atoms with Crippen molar-refractivity contribution >= 4 is 17.0 Å². The number of allylic oxidation sites excluding steroid dienone is 1. The Morgan fingerprint density at radius 3 is 3.00 bits per heavy atom. The molecule has 0 amide bonds. The molecular weight excluding hydrogens is 204 g/mol. The van der Waals surface area contributed by atoms with Gasteiger partial charge in [-0.2, -0.15) is 0 Å². The van der Waals surface area contributed by atoms with Crippen molar-refractivity contribution in [2.75, 3.05) is 0 Å². The van der Waals surface area contributed by atoms with E-state index in [1.165, 1.54) is 0 Å². The van der Waals surface area contributed by atoms with Crippen molar-refractivity contribution in [1.29, 1.82) is 0 Å². The second-order valence-corrected chi connectivity index (χ2v) is 3.50. The summed E-state index contributed by atoms with van der Waals surface area (Å²) in [6.07, 6.45) is 2.76. The number of carboxylic acid groups (broad SMARTS) is 1. The lowest BCUT2D eigenvalue weighted by Crippen LogP contribution is -1.98. The predicted octanol–water partition coefficient (Wildman–Crippen LogP) is 1.99. The van der Waals surface area contributed by atoms with Crippen LogP contribution in [0.1, 0.15) is 5.82 Å². The third-order valence-electron chi connectivity index (χ3n) is 2.39. The molecule has 0 aliphatic carbocycles. The van der Waals surface area contributed by atoms with E-state index in [1.807, 2.05) is 35.8 Å². The summed E-state index contributed by atoms with van der Waals surface area (Å²) in [5.41, 5.74) is 1.96. The Balaban J connectivity index is 2.36. The fourth-order valence-corrected chi connectivity index (χ4v) is 1.69. The molecule has 1 aromatic carbocycles. The zero-order valence-corrected chi connectivity index (χ0v) is 8.92. The molecule has 0 bridgehead atoms. The SMILES string of the molecule is Cc1nc2ccccc2n1C/C=C/C(=O)O. The van der Waals surface area contributed by atoms with Gasteiger partial charge in [-0.3, -0.25) is 0 Å². The monoisotopic (exact) mass is 216 g/mol. The quantitative estimate of drug-likeness (QED) is 0.798. The van der Waals surface area contributed by atoms with E-state index < -0.39 is 5.97 Å². The van der Waals surface area contributed by atoms with Crippen LogP contribution in [-0.4, -0.2) is 20.6 Å². The van der Waals surface area contributed by atoms with Gasteiger partial charge in [-0.1, -0.05) is 18.2 Å². The first-order chi connectivity index (χ1) is 7.68. The minimum atomic E-state index is -0.929. The maximum absolute atomic E-state index is 10.4. The number of imidazole rings is 1. The summed E-state index contributed by atoms with van der Waals surface area (Å²) in [5.74, 6) is -0.0432. The zero-order chi connectivity index (χ0) is 11.5. The van der Waals surface area contributed by atoms with Gasteiger partial charge >= 0.3 is 5.97 Å². The van der Waals surface area contributed by atoms with Crippen LogP contribution >= 0.6 is 0 Å². The van der Waals surface area contributed by atoms with Gasteiger partial charge in [0.25, 0.3) is 0 Å². The number of hydrogen-bond donors (Lipinski definition) is 1. The van der Waals surface area contributed by atoms with Gasteiger partial charge in [0.05, 0.1) is 11.0 Å². The summed E-state index contributed by atoms with van der Waals surface area (Å²) in [4.78, 5) is 14.8. The minimum absolute atomic E-state index is 0.526. The number of hydrogen-bond acceptors (Lipinski definition) is 2. The van der Waals surface area contributed by atoms with Gasteiger partial charge in [-0.25, -0.2) is 9.78 Å². The summed E-state index contributed by atoms with van der Waals surface area (Å²) in [6.45, 7) is 2.44. The van der Waals surface area contributed by atoms with E-state index in [0.717, 1.165) is 22.9 Å². The Morgan fingerprint density at radius 2 is 2.25 bits per heavy atom. The second kappa shape index (κ2) is 4.18. The van der Waals surface area contributed by atoms with Crippen molar-refractivity contribution in [1.82, 2.24) is 9.55 Å². The maximum atomic E-state index is 10.4. The van der Waals surface area contributed by atoms with Crippen LogP contribution in [0.4, 0.5) is 0 Å². The number of aliphatic carboxylic acids is 1. The number of carbonyl (C=O) groups is 1. The summed E-state index contributed by atoms with van der Waals surface area (Å²) in [5, 5.41) is 8.51. The van der Waals surface area contributed by atoms with Crippen LogP contribution in [0.2, 0.25) is 0 Å². The summed E-state index contributed by atoms with van der Waals surface area (Å²) >= 11 is 0. The fourth-order valence-electron chi connectivity index (χ4n) is 1.69. The molecule has 0 radical (unpaired) electrons. The molecule has 0 saturated heterocycles. The van der Waals surface area contributed by atoms with E-state index in [0.29, 0.717) is 6.54 Å². The van der Waals surface area contributed by atoms with Crippen molar-refractivity contribution in [3.8, 4) is 0 Å². The van der Waals surface area contributed by atoms with Crippen LogP contribution in [0, 0.1) is 6.92 Å². The molecule has 0 saturated carbocycles. The van der Waals surface area contributed by atoms with Crippen molar-refractivity contribution in [2.24, 2.45) is 0 Å². The first-order valence-corrected chi connectivity index (χ1v) is 5.00. The molecule has 82 valence electrons. The van der Waals surface area contributed by atoms with Crippen molar-refractivity contribution in [3.63, 3.8) is 0 Å². The van der Waals surface area contributed by atoms with Crippen LogP contribution < -0.4 is 0 Å². The summed E-state index contributed by atoms with van der Waals surface area (Å²) in [6, 6.07) is 7.80. The lowest BCUT2D eigenvalue weighted by atomic mass is 10.3. The molecule has 1 N–H and O–H groups in total. The number of rotatable bonds is 3. The van der Waals surface area contributed by atoms with Gasteiger partial charge in [0, 0.05) is 12.6 Å². The highest BCUT2D eigenvalue weighted by molar-refractivity contribution is 5.80. The third kappa shape index (κ3) is 1.95. The number of aryl methyl sites for hydroxylation is 1. The van der Waals surface area contributed by atoms with Crippen LogP contribution in [0.15, 0.2) is 36.4 Å². The van der Waals surface area contributed by atoms with E-state index in [2.05, 4.69) is 4.98 Å². The van der Waals surface area contributed by atoms with Crippen LogP contribution in [0.3, 0.4) is 0 Å². The van der Waals surface area contributed by atoms with Gasteiger partial charge in [0.15, 0.2) is 0 Å². The number of benzene rings is 1. The lowest BCUT2D eigenvalue weighted by Gasteiger charge is -2.01. The highest BCUT2D eigenvalue weighted by Crippen LogP contribution is 2.15. The number of fused-ring (bicyclic) bond motifs is 1. The first-order valence-electron chi connectivity index (χ1n) is 5.00. The van der Waals surface area contributed by atoms with E-state index >= 15 is 0 Å². The van der Waals surface area contributed by atoms with Crippen molar-refractivity contribution in [3.05, 3.63) is 42.2 Å². The Morgan fingerprint density at radius 1 is 1.50 bits per heavy atom. The topological polar surface area (TPSA) is 55.1 Å². The molecule has 2 rings (SSSR count). The predicted molar refractivity (Wildman–Crippen MR) is 61.2 cm³/mol. The molecule has 4 nitrogen and oxygen atoms in total. The average Bonchev–Trinajstić information content (AvgIpc) is 2.55. The molecule has 0 aliphatic rings. The van der Waals surface area contributed by atoms with E-state index in [-0.39, 0.29) is 0 Å². The van der Waals surface area contributed by atoms with Gasteiger partial charge in [-0.05, 0) is 19.1 Å². The van der Waals surface area contributed by atoms with E-state index in [9.17, 15) is 4.79 Å². The number of aromatic nitrogens is 2. The molecule has 1 heterocycles. The molecule has 16 heavy (non-hydrogen) atoms. The van der Waals surface area contributed by atoms with Gasteiger partial charge < -0.3 is 9.67 Å². The third-order valence-corrected chi connectivity index (χ3v) is 2.39. The highest BCUT2D eigenvalue weighted by atomic mass is 16.4. The average molecular weight is 216 g/mol. The number of nitrogens with zero attached hydrogens (tertiary/aromatic N) is 2. The van der Waals surface area contributed by atoms with Crippen molar-refractivity contribution < 1.29 is 9.90 Å². The highest BCUT2D eigenvalue weighted by Gasteiger charge is 2.04. The van der Waals surface area contributed by atoms with Crippen LogP contribution in [-0.2, 0) is 11.3 Å². The largest absolute Gasteiger partial charge is 0.478 e. The van der Waals surface area contributed by atoms with Gasteiger partial charge in [0.2, 0.25) is 0 Å². The number of carboxylic acids is 1. The zero-order valence-electron chi connectivity index (χ0n) is 8.92. The van der Waals surface area contributed by atoms with Crippen LogP contribution in [0.25, 0.3) is 11.0 Å². The Kier molecular flexibility index (Phi) is 2.72. The minimum Gasteiger partial charge on any atom is -0.478 e. The molecule has 1 aromatic heterocycles. The smallest absolute Gasteiger partial charge is 0.328 e. The lowest BCUT2D eigenvalue weighted by molar-refractivity contribution is -0.131. The van der Waals surface area contributed by atoms with Gasteiger partial charge in [-0.15, -0.1) is 0 Å². The standard InChI is InChI=1S/C12H12N2O2/c1-9-13-10-5-2-3-6-11(10)14(9)8-4-7-12(15)16/h2-7H,8H2,1H3,(H,15,16)/b7-4+. The normalized spacial score (nSPS) is 11.3. The fraction of sp³-hybridized carbons (Fsp3) is 0.167. The molecule has 2 aromatic rings. The first kappa shape index (κ1) is 10.4. The second-order valence-electron chi connectivity index (χ2n) is 3.50. The molecule has 4 heteroatoms. The van der Waals surface area contributed by atoms with Gasteiger partial charge in [0.1, 0.15) is 5.82 Å². The number of para-hydroxylation sites is 2. The molecule has 0 atom stereocenters. The molecule has 0 aliphatic heterocycles. The van der Waals surface area contributed by atoms with E-state index in [4.69, 9.17) is 5.11 Å². The summed E-state index contributed by atoms with van der Waals surface area (Å²) < 4.78 is 1.98. The molecule has 0 spiro atoms. The maximum Gasteiger partial charge on any atom is 0.328 e. The molecule has 0 fully saturated rings. The van der Waals surface area contributed by atoms with Crippen LogP contribution in [0.5, 0.6) is 0 Å². The Labute approximate surface area is 92.8 Å². The Bertz CT molecular complexity index is 555. The Hall–Kier alpha value is -2.10. The van der Waals surface area contributed by atoms with Crippen molar-refractivity contribution in [2.45, 2.75) is 13.5 Å².